The molecule has 0 saturated heterocycles. The van der Waals surface area contributed by atoms with Crippen LogP contribution in [0.3, 0.4) is 0 Å². The third-order valence-electron chi connectivity index (χ3n) is 11.7. The molecule has 1 aromatic rings. The molecule has 1 aromatic heterocycles. The van der Waals surface area contributed by atoms with Crippen LogP contribution in [0.5, 0.6) is 11.9 Å². The molecular weight excluding hydrogens is 661 g/mol. The quantitative estimate of drug-likeness (QED) is 0.0622. The molecule has 0 fully saturated rings. The first kappa shape index (κ1) is 50.7. The molecule has 0 radical (unpaired) electrons. The molecule has 2 atom stereocenters. The van der Waals surface area contributed by atoms with Crippen molar-refractivity contribution in [3.8, 4) is 11.9 Å². The van der Waals surface area contributed by atoms with E-state index in [1.165, 1.54) is 231 Å². The van der Waals surface area contributed by atoms with Gasteiger partial charge in [0, 0.05) is 12.3 Å². The Morgan fingerprint density at radius 1 is 0.352 bits per heavy atom. The molecule has 0 spiro atoms. The smallest absolute Gasteiger partial charge is 0.319 e. The van der Waals surface area contributed by atoms with Gasteiger partial charge >= 0.3 is 6.01 Å². The van der Waals surface area contributed by atoms with E-state index in [0.29, 0.717) is 11.9 Å². The molecule has 0 aliphatic rings. The minimum absolute atomic E-state index is 0.203. The molecule has 0 aliphatic carbocycles. The average molecular weight is 757 g/mol. The van der Waals surface area contributed by atoms with Crippen molar-refractivity contribution in [1.82, 2.24) is 9.97 Å². The topological polar surface area (TPSA) is 44.2 Å². The van der Waals surface area contributed by atoms with E-state index in [4.69, 9.17) is 14.5 Å². The van der Waals surface area contributed by atoms with Gasteiger partial charge < -0.3 is 9.47 Å². The fourth-order valence-corrected chi connectivity index (χ4v) is 8.02. The van der Waals surface area contributed by atoms with Crippen LogP contribution in [0.25, 0.3) is 0 Å². The molecule has 4 heteroatoms. The molecule has 0 N–H and O–H groups in total. The molecule has 0 amide bonds. The van der Waals surface area contributed by atoms with Gasteiger partial charge in [0.25, 0.3) is 0 Å². The van der Waals surface area contributed by atoms with Crippen molar-refractivity contribution in [1.29, 1.82) is 0 Å². The third kappa shape index (κ3) is 34.0. The zero-order valence-corrected chi connectivity index (χ0v) is 37.3. The van der Waals surface area contributed by atoms with Crippen LogP contribution < -0.4 is 9.47 Å². The summed E-state index contributed by atoms with van der Waals surface area (Å²) in [6, 6.07) is 2.48. The summed E-state index contributed by atoms with van der Waals surface area (Å²) in [6.45, 7) is 9.21. The van der Waals surface area contributed by atoms with Crippen LogP contribution in [0, 0.1) is 0 Å². The first-order valence-corrected chi connectivity index (χ1v) is 24.9. The van der Waals surface area contributed by atoms with Crippen molar-refractivity contribution >= 4 is 0 Å². The lowest BCUT2D eigenvalue weighted by Crippen LogP contribution is -2.20. The summed E-state index contributed by atoms with van der Waals surface area (Å²) < 4.78 is 13.2. The van der Waals surface area contributed by atoms with E-state index in [-0.39, 0.29) is 12.2 Å². The van der Waals surface area contributed by atoms with E-state index in [9.17, 15) is 0 Å². The highest BCUT2D eigenvalue weighted by Crippen LogP contribution is 2.23. The van der Waals surface area contributed by atoms with Gasteiger partial charge in [0.15, 0.2) is 0 Å². The Kier molecular flexibility index (Phi) is 38.8. The maximum atomic E-state index is 6.66. The van der Waals surface area contributed by atoms with Gasteiger partial charge in [-0.05, 0) is 51.4 Å². The Morgan fingerprint density at radius 3 is 0.907 bits per heavy atom. The fourth-order valence-electron chi connectivity index (χ4n) is 8.02. The van der Waals surface area contributed by atoms with Crippen molar-refractivity contribution in [2.45, 2.75) is 297 Å². The van der Waals surface area contributed by atoms with Crippen molar-refractivity contribution in [3.63, 3.8) is 0 Å². The summed E-state index contributed by atoms with van der Waals surface area (Å²) in [6.07, 6.45) is 55.9. The lowest BCUT2D eigenvalue weighted by molar-refractivity contribution is 0.144. The van der Waals surface area contributed by atoms with Gasteiger partial charge in [-0.25, -0.2) is 4.98 Å². The Hall–Kier alpha value is -1.32. The summed E-state index contributed by atoms with van der Waals surface area (Å²) in [5.41, 5.74) is 0. The van der Waals surface area contributed by atoms with Crippen LogP contribution >= 0.6 is 0 Å². The molecular formula is C50H96N2O2. The predicted octanol–water partition coefficient (Wildman–Crippen LogP) is 17.7. The fraction of sp³-hybridized carbons (Fsp3) is 0.920. The average Bonchev–Trinajstić information content (AvgIpc) is 3.18. The summed E-state index contributed by atoms with van der Waals surface area (Å²) in [4.78, 5) is 9.46. The normalized spacial score (nSPS) is 12.7. The third-order valence-corrected chi connectivity index (χ3v) is 11.7. The number of hydrogen-bond donors (Lipinski definition) is 0. The van der Waals surface area contributed by atoms with Gasteiger partial charge in [-0.2, -0.15) is 4.98 Å². The summed E-state index contributed by atoms with van der Waals surface area (Å²) in [5.74, 6) is 0.709. The van der Waals surface area contributed by atoms with Gasteiger partial charge in [0.05, 0.1) is 0 Å². The number of ether oxygens (including phenoxy) is 2. The van der Waals surface area contributed by atoms with E-state index in [2.05, 4.69) is 32.7 Å². The predicted molar refractivity (Wildman–Crippen MR) is 238 cm³/mol. The lowest BCUT2D eigenvalue weighted by atomic mass is 10.0. The molecule has 1 rings (SSSR count). The second-order valence-corrected chi connectivity index (χ2v) is 17.1. The van der Waals surface area contributed by atoms with E-state index >= 15 is 0 Å². The van der Waals surface area contributed by atoms with E-state index in [1.54, 1.807) is 0 Å². The van der Waals surface area contributed by atoms with Crippen molar-refractivity contribution in [3.05, 3.63) is 12.3 Å². The van der Waals surface area contributed by atoms with Crippen LogP contribution in [0.15, 0.2) is 12.3 Å². The highest BCUT2D eigenvalue weighted by Gasteiger charge is 2.16. The number of aromatic nitrogens is 2. The van der Waals surface area contributed by atoms with Crippen molar-refractivity contribution in [2.24, 2.45) is 0 Å². The highest BCUT2D eigenvalue weighted by molar-refractivity contribution is 5.12. The monoisotopic (exact) mass is 757 g/mol. The minimum Gasteiger partial charge on any atom is -0.474 e. The minimum atomic E-state index is 0.203. The number of rotatable bonds is 44. The molecule has 0 aromatic carbocycles. The number of unbranched alkanes of at least 4 members (excludes halogenated alkanes) is 32. The van der Waals surface area contributed by atoms with Crippen LogP contribution in [-0.4, -0.2) is 22.2 Å². The van der Waals surface area contributed by atoms with Crippen LogP contribution in [0.2, 0.25) is 0 Å². The zero-order chi connectivity index (χ0) is 38.8. The van der Waals surface area contributed by atoms with Crippen molar-refractivity contribution < 1.29 is 9.47 Å². The second kappa shape index (κ2) is 41.3. The molecule has 1 heterocycles. The van der Waals surface area contributed by atoms with Gasteiger partial charge in [-0.3, -0.25) is 0 Å². The largest absolute Gasteiger partial charge is 0.474 e. The first-order valence-electron chi connectivity index (χ1n) is 24.9. The van der Waals surface area contributed by atoms with E-state index < -0.39 is 0 Å². The Labute approximate surface area is 339 Å². The number of hydrogen-bond acceptors (Lipinski definition) is 4. The van der Waals surface area contributed by atoms with Gasteiger partial charge in [0.2, 0.25) is 5.88 Å². The van der Waals surface area contributed by atoms with Crippen LogP contribution in [-0.2, 0) is 0 Å². The summed E-state index contributed by atoms with van der Waals surface area (Å²) in [7, 11) is 0. The lowest BCUT2D eigenvalue weighted by Gasteiger charge is -2.20. The SMILES string of the molecule is CCCCCCCCCCCCCC(CCCCCCCCC)Oc1ccnc(OC(CCCCCCCCC)CCCCCCCCCCCCC)n1. The maximum Gasteiger partial charge on any atom is 0.319 e. The maximum absolute atomic E-state index is 6.66. The Morgan fingerprint density at radius 2 is 0.611 bits per heavy atom. The molecule has 54 heavy (non-hydrogen) atoms. The molecule has 4 nitrogen and oxygen atoms in total. The van der Waals surface area contributed by atoms with Crippen LogP contribution in [0.1, 0.15) is 285 Å². The molecule has 2 unspecified atom stereocenters. The molecule has 0 aliphatic heterocycles. The molecule has 0 bridgehead atoms. The Balaban J connectivity index is 2.63. The van der Waals surface area contributed by atoms with E-state index in [0.717, 1.165) is 25.7 Å². The summed E-state index contributed by atoms with van der Waals surface area (Å²) in [5, 5.41) is 0. The van der Waals surface area contributed by atoms with E-state index in [1.807, 2.05) is 12.3 Å². The number of nitrogens with zero attached hydrogens (tertiary/aromatic N) is 2. The summed E-state index contributed by atoms with van der Waals surface area (Å²) >= 11 is 0. The van der Waals surface area contributed by atoms with Gasteiger partial charge in [-0.1, -0.05) is 233 Å². The Bertz CT molecular complexity index is 798. The van der Waals surface area contributed by atoms with Crippen LogP contribution in [0.4, 0.5) is 0 Å². The standard InChI is InChI=1S/C50H96N2O2/c1-5-9-13-17-21-23-25-27-31-35-38-42-47(41-37-33-29-19-15-11-7-3)53-49-45-46-51-50(52-49)54-48(43-39-34-30-20-16-12-8-4)44-40-36-32-28-26-24-22-18-14-10-6-2/h45-48H,5-44H2,1-4H3. The van der Waals surface area contributed by atoms with Gasteiger partial charge in [-0.15, -0.1) is 0 Å². The zero-order valence-electron chi connectivity index (χ0n) is 37.3. The van der Waals surface area contributed by atoms with Gasteiger partial charge in [0.1, 0.15) is 12.2 Å². The molecule has 0 saturated carbocycles. The van der Waals surface area contributed by atoms with Crippen molar-refractivity contribution in [2.75, 3.05) is 0 Å². The molecule has 318 valence electrons. The first-order chi connectivity index (χ1) is 26.7. The highest BCUT2D eigenvalue weighted by atomic mass is 16.5. The second-order valence-electron chi connectivity index (χ2n) is 17.1.